The molecule has 0 spiro atoms. The topological polar surface area (TPSA) is 47.5 Å². The van der Waals surface area contributed by atoms with Crippen LogP contribution in [0.3, 0.4) is 0 Å². The van der Waals surface area contributed by atoms with Crippen LogP contribution < -0.4 is 0 Å². The first-order valence-electron chi connectivity index (χ1n) is 8.57. The van der Waals surface area contributed by atoms with E-state index in [0.717, 1.165) is 42.4 Å². The van der Waals surface area contributed by atoms with E-state index in [1.165, 1.54) is 6.42 Å². The zero-order valence-electron chi connectivity index (χ0n) is 13.9. The van der Waals surface area contributed by atoms with E-state index in [0.29, 0.717) is 12.6 Å². The molecule has 24 heavy (non-hydrogen) atoms. The van der Waals surface area contributed by atoms with Gasteiger partial charge in [0.05, 0.1) is 23.4 Å². The number of aryl methyl sites for hydroxylation is 1. The molecule has 0 N–H and O–H groups in total. The summed E-state index contributed by atoms with van der Waals surface area (Å²) in [6.45, 7) is 5.30. The van der Waals surface area contributed by atoms with Crippen LogP contribution in [0, 0.1) is 6.92 Å². The minimum absolute atomic E-state index is 0.121. The van der Waals surface area contributed by atoms with Crippen molar-refractivity contribution in [1.29, 1.82) is 0 Å². The van der Waals surface area contributed by atoms with Gasteiger partial charge in [-0.25, -0.2) is 4.98 Å². The lowest BCUT2D eigenvalue weighted by Gasteiger charge is -2.32. The van der Waals surface area contributed by atoms with E-state index in [2.05, 4.69) is 33.2 Å². The summed E-state index contributed by atoms with van der Waals surface area (Å²) in [5, 5.41) is 3.29. The maximum Gasteiger partial charge on any atom is 0.100 e. The predicted molar refractivity (Wildman–Crippen MR) is 92.8 cm³/mol. The molecule has 2 fully saturated rings. The van der Waals surface area contributed by atoms with Crippen molar-refractivity contribution in [3.8, 4) is 0 Å². The highest BCUT2D eigenvalue weighted by atomic mass is 32.1. The molecule has 6 heteroatoms. The standard InChI is InChI=1S/C18H23N3O2S/c1-13-20-15(12-24-13)9-21-10-17(18-16(21)5-3-7-22-18)23-11-14-4-2-6-19-8-14/h2,4,6,8,12,16-18H,3,5,7,9-11H2,1H3/t16-,17-,18+/m1/s1. The highest BCUT2D eigenvalue weighted by Crippen LogP contribution is 2.32. The summed E-state index contributed by atoms with van der Waals surface area (Å²) in [6, 6.07) is 4.45. The van der Waals surface area contributed by atoms with E-state index in [1.54, 1.807) is 17.5 Å². The number of rotatable bonds is 5. The van der Waals surface area contributed by atoms with Crippen molar-refractivity contribution < 1.29 is 9.47 Å². The molecule has 2 aliphatic rings. The maximum atomic E-state index is 6.21. The number of thiazole rings is 1. The fourth-order valence-electron chi connectivity index (χ4n) is 3.71. The SMILES string of the molecule is Cc1nc(CN2C[C@@H](OCc3cccnc3)[C@H]3OCCC[C@H]32)cs1. The molecular weight excluding hydrogens is 322 g/mol. The molecule has 2 aromatic rings. The summed E-state index contributed by atoms with van der Waals surface area (Å²) in [5.41, 5.74) is 2.27. The Balaban J connectivity index is 1.42. The van der Waals surface area contributed by atoms with Gasteiger partial charge in [-0.05, 0) is 31.4 Å². The van der Waals surface area contributed by atoms with Gasteiger partial charge in [-0.1, -0.05) is 6.07 Å². The van der Waals surface area contributed by atoms with Gasteiger partial charge >= 0.3 is 0 Å². The highest BCUT2D eigenvalue weighted by Gasteiger charge is 2.44. The third-order valence-electron chi connectivity index (χ3n) is 4.80. The average molecular weight is 345 g/mol. The van der Waals surface area contributed by atoms with Crippen molar-refractivity contribution >= 4 is 11.3 Å². The molecule has 3 atom stereocenters. The zero-order chi connectivity index (χ0) is 16.4. The van der Waals surface area contributed by atoms with E-state index in [-0.39, 0.29) is 12.2 Å². The Labute approximate surface area is 146 Å². The highest BCUT2D eigenvalue weighted by molar-refractivity contribution is 7.09. The third-order valence-corrected chi connectivity index (χ3v) is 5.62. The lowest BCUT2D eigenvalue weighted by atomic mass is 10.0. The number of pyridine rings is 1. The summed E-state index contributed by atoms with van der Waals surface area (Å²) in [7, 11) is 0. The Hall–Kier alpha value is -1.34. The molecule has 2 saturated heterocycles. The molecular formula is C18H23N3O2S. The lowest BCUT2D eigenvalue weighted by Crippen LogP contribution is -2.41. The molecule has 128 valence electrons. The average Bonchev–Trinajstić information content (AvgIpc) is 3.18. The van der Waals surface area contributed by atoms with Crippen LogP contribution in [0.25, 0.3) is 0 Å². The summed E-state index contributed by atoms with van der Waals surface area (Å²) < 4.78 is 12.3. The summed E-state index contributed by atoms with van der Waals surface area (Å²) in [4.78, 5) is 11.3. The van der Waals surface area contributed by atoms with Crippen molar-refractivity contribution in [2.45, 2.75) is 51.2 Å². The van der Waals surface area contributed by atoms with Crippen LogP contribution in [-0.2, 0) is 22.6 Å². The fourth-order valence-corrected chi connectivity index (χ4v) is 4.31. The van der Waals surface area contributed by atoms with E-state index in [9.17, 15) is 0 Å². The number of aromatic nitrogens is 2. The first kappa shape index (κ1) is 16.1. The number of nitrogens with zero attached hydrogens (tertiary/aromatic N) is 3. The molecule has 2 aliphatic heterocycles. The quantitative estimate of drug-likeness (QED) is 0.834. The van der Waals surface area contributed by atoms with Gasteiger partial charge in [0.15, 0.2) is 0 Å². The molecule has 0 bridgehead atoms. The Morgan fingerprint density at radius 1 is 1.46 bits per heavy atom. The van der Waals surface area contributed by atoms with Crippen LogP contribution in [0.4, 0.5) is 0 Å². The monoisotopic (exact) mass is 345 g/mol. The molecule has 0 saturated carbocycles. The van der Waals surface area contributed by atoms with Gasteiger partial charge in [-0.15, -0.1) is 11.3 Å². The minimum Gasteiger partial charge on any atom is -0.374 e. The predicted octanol–water partition coefficient (Wildman–Crippen LogP) is 2.80. The third kappa shape index (κ3) is 3.52. The van der Waals surface area contributed by atoms with Gasteiger partial charge in [0, 0.05) is 43.5 Å². The molecule has 5 nitrogen and oxygen atoms in total. The van der Waals surface area contributed by atoms with Crippen molar-refractivity contribution in [2.75, 3.05) is 13.2 Å². The molecule has 0 aliphatic carbocycles. The number of hydrogen-bond donors (Lipinski definition) is 0. The van der Waals surface area contributed by atoms with Gasteiger partial charge in [-0.2, -0.15) is 0 Å². The van der Waals surface area contributed by atoms with E-state index < -0.39 is 0 Å². The van der Waals surface area contributed by atoms with Crippen molar-refractivity contribution in [3.05, 3.63) is 46.2 Å². The number of hydrogen-bond acceptors (Lipinski definition) is 6. The van der Waals surface area contributed by atoms with Crippen LogP contribution in [0.2, 0.25) is 0 Å². The van der Waals surface area contributed by atoms with E-state index in [1.807, 2.05) is 12.3 Å². The molecule has 4 rings (SSSR count). The van der Waals surface area contributed by atoms with Crippen molar-refractivity contribution in [2.24, 2.45) is 0 Å². The van der Waals surface area contributed by atoms with Gasteiger partial charge in [-0.3, -0.25) is 9.88 Å². The molecule has 0 amide bonds. The van der Waals surface area contributed by atoms with Crippen molar-refractivity contribution in [1.82, 2.24) is 14.9 Å². The molecule has 0 radical (unpaired) electrons. The normalized spacial score (nSPS) is 27.3. The smallest absolute Gasteiger partial charge is 0.100 e. The van der Waals surface area contributed by atoms with Gasteiger partial charge < -0.3 is 9.47 Å². The van der Waals surface area contributed by atoms with Gasteiger partial charge in [0.2, 0.25) is 0 Å². The fraction of sp³-hybridized carbons (Fsp3) is 0.556. The maximum absolute atomic E-state index is 6.21. The zero-order valence-corrected chi connectivity index (χ0v) is 14.7. The summed E-state index contributed by atoms with van der Waals surface area (Å²) in [6.07, 6.45) is 6.26. The summed E-state index contributed by atoms with van der Waals surface area (Å²) >= 11 is 1.72. The van der Waals surface area contributed by atoms with Crippen LogP contribution in [0.1, 0.15) is 29.1 Å². The Morgan fingerprint density at radius 2 is 2.42 bits per heavy atom. The minimum atomic E-state index is 0.121. The Kier molecular flexibility index (Phi) is 4.89. The molecule has 4 heterocycles. The van der Waals surface area contributed by atoms with Crippen LogP contribution in [0.15, 0.2) is 29.9 Å². The van der Waals surface area contributed by atoms with Gasteiger partial charge in [0.1, 0.15) is 6.10 Å². The van der Waals surface area contributed by atoms with E-state index >= 15 is 0 Å². The molecule has 2 aromatic heterocycles. The van der Waals surface area contributed by atoms with E-state index in [4.69, 9.17) is 9.47 Å². The number of ether oxygens (including phenoxy) is 2. The lowest BCUT2D eigenvalue weighted by molar-refractivity contribution is -0.0819. The second kappa shape index (κ2) is 7.27. The second-order valence-electron chi connectivity index (χ2n) is 6.54. The second-order valence-corrected chi connectivity index (χ2v) is 7.61. The Morgan fingerprint density at radius 3 is 3.21 bits per heavy atom. The first-order valence-corrected chi connectivity index (χ1v) is 9.45. The first-order chi connectivity index (χ1) is 11.8. The van der Waals surface area contributed by atoms with Gasteiger partial charge in [0.25, 0.3) is 0 Å². The van der Waals surface area contributed by atoms with Crippen molar-refractivity contribution in [3.63, 3.8) is 0 Å². The van der Waals surface area contributed by atoms with Crippen LogP contribution in [-0.4, -0.2) is 46.3 Å². The molecule has 0 unspecified atom stereocenters. The Bertz CT molecular complexity index is 663. The molecule has 0 aromatic carbocycles. The largest absolute Gasteiger partial charge is 0.374 e. The number of fused-ring (bicyclic) bond motifs is 1. The number of likely N-dealkylation sites (tertiary alicyclic amines) is 1. The summed E-state index contributed by atoms with van der Waals surface area (Å²) in [5.74, 6) is 0. The van der Waals surface area contributed by atoms with Crippen LogP contribution in [0.5, 0.6) is 0 Å². The van der Waals surface area contributed by atoms with Crippen LogP contribution >= 0.6 is 11.3 Å².